The molecule has 0 aromatic heterocycles. The van der Waals surface area contributed by atoms with Crippen LogP contribution in [0.5, 0.6) is 23.0 Å². The number of aryl methyl sites for hydroxylation is 4. The average Bonchev–Trinajstić information content (AvgIpc) is 3.18. The van der Waals surface area contributed by atoms with Gasteiger partial charge in [-0.25, -0.2) is 0 Å². The zero-order valence-electron chi connectivity index (χ0n) is 52.6. The lowest BCUT2D eigenvalue weighted by Crippen LogP contribution is -2.37. The molecule has 16 heteroatoms. The van der Waals surface area contributed by atoms with Crippen LogP contribution in [0.15, 0.2) is 99.2 Å². The Kier molecular flexibility index (Phi) is 32.9. The molecule has 0 fully saturated rings. The number of aliphatic hydroxyl groups is 4. The van der Waals surface area contributed by atoms with Gasteiger partial charge >= 0.3 is 23.9 Å². The Morgan fingerprint density at radius 1 is 0.341 bits per heavy atom. The normalized spacial score (nSPS) is 11.4. The van der Waals surface area contributed by atoms with Crippen molar-refractivity contribution in [3.8, 4) is 23.0 Å². The van der Waals surface area contributed by atoms with Crippen molar-refractivity contribution in [1.29, 1.82) is 0 Å². The van der Waals surface area contributed by atoms with E-state index in [4.69, 9.17) is 40.9 Å². The number of aliphatic carboxylic acids is 4. The molecule has 16 nitrogen and oxygen atoms in total. The van der Waals surface area contributed by atoms with Crippen LogP contribution >= 0.6 is 0 Å². The highest BCUT2D eigenvalue weighted by Crippen LogP contribution is 2.39. The number of phenols is 4. The van der Waals surface area contributed by atoms with E-state index in [0.29, 0.717) is 74.4 Å². The van der Waals surface area contributed by atoms with E-state index in [-0.39, 0.29) is 47.3 Å². The third-order valence-electron chi connectivity index (χ3n) is 13.5. The molecule has 0 spiro atoms. The summed E-state index contributed by atoms with van der Waals surface area (Å²) in [5.74, 6) is -2.05. The Hall–Kier alpha value is -7.24. The standard InChI is InChI=1S/4C16H22O3.C5H12O4/c4*1-5-6-12-9-11(7-8-14(17)18)10-13(15(12)19)16(2,3)4;6-1-5(2-7,3-8)4-9/h4*5,9-10,19H,1,6-8H2,2-4H3,(H,17,18);6-9H,1-4H2. The summed E-state index contributed by atoms with van der Waals surface area (Å²) in [5.41, 5.74) is 8.60. The van der Waals surface area contributed by atoms with Crippen LogP contribution < -0.4 is 0 Å². The molecule has 4 aromatic rings. The van der Waals surface area contributed by atoms with Gasteiger partial charge in [0, 0.05) is 25.7 Å². The third-order valence-corrected chi connectivity index (χ3v) is 13.5. The van der Waals surface area contributed by atoms with Gasteiger partial charge in [0.1, 0.15) is 23.0 Å². The largest absolute Gasteiger partial charge is 0.507 e. The lowest BCUT2D eigenvalue weighted by molar-refractivity contribution is -0.138. The van der Waals surface area contributed by atoms with Crippen molar-refractivity contribution in [3.05, 3.63) is 166 Å². The quantitative estimate of drug-likeness (QED) is 0.0290. The van der Waals surface area contributed by atoms with E-state index in [2.05, 4.69) is 26.3 Å². The van der Waals surface area contributed by atoms with Gasteiger partial charge in [-0.05, 0) is 140 Å². The molecular formula is C69H100O16. The van der Waals surface area contributed by atoms with Gasteiger partial charge in [-0.2, -0.15) is 0 Å². The number of aromatic hydroxyl groups is 4. The predicted molar refractivity (Wildman–Crippen MR) is 337 cm³/mol. The fourth-order valence-electron chi connectivity index (χ4n) is 8.46. The van der Waals surface area contributed by atoms with E-state index in [0.717, 1.165) is 66.8 Å². The molecule has 0 saturated heterocycles. The van der Waals surface area contributed by atoms with E-state index in [1.807, 2.05) is 132 Å². The van der Waals surface area contributed by atoms with Crippen LogP contribution in [0.25, 0.3) is 0 Å². The topological polar surface area (TPSA) is 311 Å². The molecule has 0 heterocycles. The van der Waals surface area contributed by atoms with Gasteiger partial charge in [-0.1, -0.05) is 156 Å². The summed E-state index contributed by atoms with van der Waals surface area (Å²) in [4.78, 5) is 42.7. The molecule has 0 aliphatic rings. The van der Waals surface area contributed by atoms with Crippen molar-refractivity contribution in [2.45, 2.75) is 182 Å². The average molecular weight is 1190 g/mol. The number of carbonyl (C=O) groups is 4. The summed E-state index contributed by atoms with van der Waals surface area (Å²) in [6.45, 7) is 37.5. The molecule has 4 rings (SSSR count). The predicted octanol–water partition coefficient (Wildman–Crippen LogP) is 11.7. The smallest absolute Gasteiger partial charge is 0.303 e. The van der Waals surface area contributed by atoms with E-state index >= 15 is 0 Å². The fourth-order valence-corrected chi connectivity index (χ4v) is 8.46. The van der Waals surface area contributed by atoms with Crippen molar-refractivity contribution in [3.63, 3.8) is 0 Å². The molecule has 85 heavy (non-hydrogen) atoms. The van der Waals surface area contributed by atoms with Gasteiger partial charge in [0.25, 0.3) is 0 Å². The number of phenolic OH excluding ortho intramolecular Hbond substituents is 4. The highest BCUT2D eigenvalue weighted by Gasteiger charge is 2.27. The van der Waals surface area contributed by atoms with Gasteiger partial charge in [0.15, 0.2) is 0 Å². The van der Waals surface area contributed by atoms with E-state index in [1.54, 1.807) is 24.3 Å². The first-order valence-electron chi connectivity index (χ1n) is 28.4. The first-order chi connectivity index (χ1) is 39.3. The Balaban J connectivity index is 0.00000106. The van der Waals surface area contributed by atoms with Crippen LogP contribution in [-0.2, 0) is 92.2 Å². The lowest BCUT2D eigenvalue weighted by atomic mass is 9.83. The molecule has 0 unspecified atom stereocenters. The zero-order chi connectivity index (χ0) is 65.8. The minimum atomic E-state index is -1.11. The first kappa shape index (κ1) is 77.8. The van der Waals surface area contributed by atoms with E-state index < -0.39 is 55.7 Å². The highest BCUT2D eigenvalue weighted by molar-refractivity contribution is 5.68. The van der Waals surface area contributed by atoms with Crippen LogP contribution in [0.4, 0.5) is 0 Å². The number of allylic oxidation sites excluding steroid dienone is 4. The van der Waals surface area contributed by atoms with Crippen LogP contribution in [-0.4, -0.2) is 112 Å². The third kappa shape index (κ3) is 27.6. The van der Waals surface area contributed by atoms with Crippen LogP contribution in [0, 0.1) is 5.41 Å². The van der Waals surface area contributed by atoms with Gasteiger partial charge in [-0.3, -0.25) is 19.2 Å². The van der Waals surface area contributed by atoms with Crippen LogP contribution in [0.1, 0.15) is 176 Å². The Morgan fingerprint density at radius 3 is 0.612 bits per heavy atom. The number of carboxylic acid groups (broad SMARTS) is 4. The molecule has 4 aromatic carbocycles. The fraction of sp³-hybridized carbons (Fsp3) is 0.478. The number of rotatable bonds is 24. The van der Waals surface area contributed by atoms with Crippen molar-refractivity contribution in [2.24, 2.45) is 5.41 Å². The van der Waals surface area contributed by atoms with Gasteiger partial charge in [-0.15, -0.1) is 26.3 Å². The minimum Gasteiger partial charge on any atom is -0.507 e. The molecule has 0 atom stereocenters. The maximum atomic E-state index is 10.7. The molecule has 0 aliphatic heterocycles. The number of hydrogen-bond donors (Lipinski definition) is 12. The Morgan fingerprint density at radius 2 is 0.506 bits per heavy atom. The summed E-state index contributed by atoms with van der Waals surface area (Å²) in [5, 5.41) is 110. The number of carboxylic acids is 4. The second-order valence-corrected chi connectivity index (χ2v) is 25.3. The molecule has 472 valence electrons. The second kappa shape index (κ2) is 35.9. The number of hydrogen-bond acceptors (Lipinski definition) is 12. The summed E-state index contributed by atoms with van der Waals surface area (Å²) < 4.78 is 0. The van der Waals surface area contributed by atoms with Crippen molar-refractivity contribution in [1.82, 2.24) is 0 Å². The van der Waals surface area contributed by atoms with Gasteiger partial charge in [0.2, 0.25) is 0 Å². The van der Waals surface area contributed by atoms with E-state index in [9.17, 15) is 39.6 Å². The SMILES string of the molecule is C=CCc1cc(CCC(=O)O)cc(C(C)(C)C)c1O.C=CCc1cc(CCC(=O)O)cc(C(C)(C)C)c1O.C=CCc1cc(CCC(=O)O)cc(C(C)(C)C)c1O.C=CCc1cc(CCC(=O)O)cc(C(C)(C)C)c1O.OCC(CO)(CO)CO. The minimum absolute atomic E-state index is 0.0991. The number of benzene rings is 4. The van der Waals surface area contributed by atoms with Crippen LogP contribution in [0.3, 0.4) is 0 Å². The van der Waals surface area contributed by atoms with Crippen molar-refractivity contribution in [2.75, 3.05) is 26.4 Å². The summed E-state index contributed by atoms with van der Waals surface area (Å²) >= 11 is 0. The van der Waals surface area contributed by atoms with E-state index in [1.165, 1.54) is 0 Å². The van der Waals surface area contributed by atoms with Crippen molar-refractivity contribution < 1.29 is 80.5 Å². The van der Waals surface area contributed by atoms with Gasteiger partial charge in [0.05, 0.1) is 31.8 Å². The monoisotopic (exact) mass is 1180 g/mol. The summed E-state index contributed by atoms with van der Waals surface area (Å²) in [6, 6.07) is 15.1. The van der Waals surface area contributed by atoms with Crippen molar-refractivity contribution >= 4 is 23.9 Å². The second-order valence-electron chi connectivity index (χ2n) is 25.3. The molecule has 0 radical (unpaired) electrons. The molecule has 0 amide bonds. The Bertz CT molecular complexity index is 2460. The molecule has 0 bridgehead atoms. The summed E-state index contributed by atoms with van der Waals surface area (Å²) in [7, 11) is 0. The first-order valence-corrected chi connectivity index (χ1v) is 28.4. The lowest BCUT2D eigenvalue weighted by Gasteiger charge is -2.23. The number of aliphatic hydroxyl groups excluding tert-OH is 4. The maximum Gasteiger partial charge on any atom is 0.303 e. The highest BCUT2D eigenvalue weighted by atomic mass is 16.4. The molecule has 12 N–H and O–H groups in total. The summed E-state index contributed by atoms with van der Waals surface area (Å²) in [6.07, 6.45) is 11.6. The Labute approximate surface area is 504 Å². The van der Waals surface area contributed by atoms with Crippen LogP contribution in [0.2, 0.25) is 0 Å². The maximum absolute atomic E-state index is 10.7. The molecule has 0 aliphatic carbocycles. The van der Waals surface area contributed by atoms with Gasteiger partial charge < -0.3 is 61.3 Å². The molecule has 0 saturated carbocycles. The zero-order valence-corrected chi connectivity index (χ0v) is 52.6. The molecular weight excluding hydrogens is 1080 g/mol.